The third-order valence-electron chi connectivity index (χ3n) is 3.84. The maximum absolute atomic E-state index is 12.3. The van der Waals surface area contributed by atoms with Gasteiger partial charge in [0.25, 0.3) is 0 Å². The monoisotopic (exact) mass is 256 g/mol. The van der Waals surface area contributed by atoms with Crippen LogP contribution in [0.15, 0.2) is 0 Å². The van der Waals surface area contributed by atoms with Gasteiger partial charge in [0.15, 0.2) is 0 Å². The van der Waals surface area contributed by atoms with Gasteiger partial charge in [0.1, 0.15) is 6.04 Å². The molecule has 3 unspecified atom stereocenters. The molecule has 0 spiro atoms. The highest BCUT2D eigenvalue weighted by Crippen LogP contribution is 2.27. The molecule has 2 rings (SSSR count). The van der Waals surface area contributed by atoms with Crippen LogP contribution in [0.25, 0.3) is 0 Å². The minimum absolute atomic E-state index is 0.118. The third-order valence-corrected chi connectivity index (χ3v) is 3.84. The third kappa shape index (κ3) is 2.29. The molecule has 0 aromatic rings. The van der Waals surface area contributed by atoms with Crippen LogP contribution in [0.5, 0.6) is 0 Å². The Kier molecular flexibility index (Phi) is 3.47. The van der Waals surface area contributed by atoms with Gasteiger partial charge in [0.05, 0.1) is 6.10 Å². The number of hydrogen-bond donors (Lipinski definition) is 2. The van der Waals surface area contributed by atoms with Crippen LogP contribution in [-0.2, 0) is 4.79 Å². The van der Waals surface area contributed by atoms with E-state index in [1.54, 1.807) is 4.90 Å². The van der Waals surface area contributed by atoms with E-state index in [-0.39, 0.29) is 25.0 Å². The van der Waals surface area contributed by atoms with Crippen molar-refractivity contribution in [1.29, 1.82) is 0 Å². The topological polar surface area (TPSA) is 81.1 Å². The molecule has 2 N–H and O–H groups in total. The van der Waals surface area contributed by atoms with Gasteiger partial charge in [-0.3, -0.25) is 0 Å². The van der Waals surface area contributed by atoms with Gasteiger partial charge in [-0.25, -0.2) is 9.59 Å². The lowest BCUT2D eigenvalue weighted by molar-refractivity contribution is -0.141. The molecule has 0 bridgehead atoms. The highest BCUT2D eigenvalue weighted by molar-refractivity contribution is 5.83. The number of urea groups is 1. The van der Waals surface area contributed by atoms with Crippen molar-refractivity contribution in [2.24, 2.45) is 5.92 Å². The zero-order valence-corrected chi connectivity index (χ0v) is 10.7. The second kappa shape index (κ2) is 4.76. The zero-order valence-electron chi connectivity index (χ0n) is 10.7. The Morgan fingerprint density at radius 1 is 1.11 bits per heavy atom. The number of carboxylic acid groups (broad SMARTS) is 1. The number of nitrogens with zero attached hydrogens (tertiary/aromatic N) is 2. The Bertz CT molecular complexity index is 360. The van der Waals surface area contributed by atoms with Crippen LogP contribution < -0.4 is 0 Å². The van der Waals surface area contributed by atoms with Crippen LogP contribution in [0, 0.1) is 5.92 Å². The van der Waals surface area contributed by atoms with Gasteiger partial charge in [-0.1, -0.05) is 6.92 Å². The number of hydrogen-bond acceptors (Lipinski definition) is 3. The van der Waals surface area contributed by atoms with Gasteiger partial charge < -0.3 is 20.0 Å². The highest BCUT2D eigenvalue weighted by Gasteiger charge is 2.42. The predicted molar refractivity (Wildman–Crippen MR) is 64.1 cm³/mol. The number of carbonyl (C=O) groups excluding carboxylic acids is 1. The quantitative estimate of drug-likeness (QED) is 0.709. The number of carboxylic acids is 1. The molecule has 0 aromatic carbocycles. The summed E-state index contributed by atoms with van der Waals surface area (Å²) in [4.78, 5) is 26.5. The molecule has 0 aliphatic carbocycles. The molecule has 102 valence electrons. The van der Waals surface area contributed by atoms with Crippen molar-refractivity contribution in [2.45, 2.75) is 44.9 Å². The molecule has 2 amide bonds. The Morgan fingerprint density at radius 3 is 2.28 bits per heavy atom. The lowest BCUT2D eigenvalue weighted by atomic mass is 10.1. The first kappa shape index (κ1) is 13.1. The average Bonchev–Trinajstić information content (AvgIpc) is 2.81. The molecule has 0 radical (unpaired) electrons. The lowest BCUT2D eigenvalue weighted by Crippen LogP contribution is -2.49. The molecule has 0 saturated carbocycles. The molecule has 0 aromatic heterocycles. The molecular formula is C12H20N2O4. The number of aliphatic hydroxyl groups is 1. The fraction of sp³-hybridized carbons (Fsp3) is 0.833. The second-order valence-electron chi connectivity index (χ2n) is 5.52. The Balaban J connectivity index is 2.10. The van der Waals surface area contributed by atoms with Crippen LogP contribution in [0.2, 0.25) is 0 Å². The molecule has 6 nitrogen and oxygen atoms in total. The van der Waals surface area contributed by atoms with E-state index in [2.05, 4.69) is 6.92 Å². The van der Waals surface area contributed by atoms with Crippen molar-refractivity contribution in [3.63, 3.8) is 0 Å². The highest BCUT2D eigenvalue weighted by atomic mass is 16.4. The minimum atomic E-state index is -1.04. The first-order chi connectivity index (χ1) is 8.40. The van der Waals surface area contributed by atoms with Crippen LogP contribution >= 0.6 is 0 Å². The molecule has 6 heteroatoms. The number of rotatable bonds is 1. The number of likely N-dealkylation sites (tertiary alicyclic amines) is 2. The van der Waals surface area contributed by atoms with Crippen LogP contribution in [0.1, 0.15) is 26.7 Å². The first-order valence-electron chi connectivity index (χ1n) is 6.38. The predicted octanol–water partition coefficient (Wildman–Crippen LogP) is 0.356. The van der Waals surface area contributed by atoms with Crippen LogP contribution in [-0.4, -0.2) is 63.3 Å². The number of carbonyl (C=O) groups is 2. The lowest BCUT2D eigenvalue weighted by Gasteiger charge is -2.30. The van der Waals surface area contributed by atoms with Crippen LogP contribution in [0.4, 0.5) is 4.79 Å². The maximum Gasteiger partial charge on any atom is 0.326 e. The standard InChI is InChI=1S/C12H20N2O4/c1-7-3-8(2)13(5-7)12(18)14-6-9(15)4-10(14)11(16)17/h7-10,15H,3-6H2,1-2H3,(H,16,17)/t7?,8?,9?,10-/m0/s1. The molecule has 18 heavy (non-hydrogen) atoms. The molecule has 4 atom stereocenters. The van der Waals surface area contributed by atoms with Crippen molar-refractivity contribution < 1.29 is 19.8 Å². The maximum atomic E-state index is 12.3. The molecule has 2 saturated heterocycles. The summed E-state index contributed by atoms with van der Waals surface area (Å²) in [5.41, 5.74) is 0. The van der Waals surface area contributed by atoms with Gasteiger partial charge in [0.2, 0.25) is 0 Å². The first-order valence-corrected chi connectivity index (χ1v) is 6.38. The summed E-state index contributed by atoms with van der Waals surface area (Å²) in [6, 6.07) is -1.01. The van der Waals surface area contributed by atoms with Crippen LogP contribution in [0.3, 0.4) is 0 Å². The SMILES string of the molecule is CC1CC(C)N(C(=O)N2CC(O)C[C@H]2C(=O)O)C1. The summed E-state index contributed by atoms with van der Waals surface area (Å²) in [5, 5.41) is 18.6. The van der Waals surface area contributed by atoms with Gasteiger partial charge in [-0.15, -0.1) is 0 Å². The summed E-state index contributed by atoms with van der Waals surface area (Å²) in [6.07, 6.45) is 0.337. The minimum Gasteiger partial charge on any atom is -0.480 e. The van der Waals surface area contributed by atoms with Gasteiger partial charge in [-0.2, -0.15) is 0 Å². The van der Waals surface area contributed by atoms with E-state index in [1.165, 1.54) is 4.90 Å². The fourth-order valence-corrected chi connectivity index (χ4v) is 2.99. The van der Waals surface area contributed by atoms with Crippen molar-refractivity contribution in [1.82, 2.24) is 9.80 Å². The van der Waals surface area contributed by atoms with E-state index in [0.717, 1.165) is 6.42 Å². The smallest absolute Gasteiger partial charge is 0.326 e. The largest absolute Gasteiger partial charge is 0.480 e. The Morgan fingerprint density at radius 2 is 1.78 bits per heavy atom. The number of aliphatic carboxylic acids is 1. The van der Waals surface area contributed by atoms with Crippen molar-refractivity contribution in [2.75, 3.05) is 13.1 Å². The van der Waals surface area contributed by atoms with E-state index >= 15 is 0 Å². The van der Waals surface area contributed by atoms with Gasteiger partial charge in [-0.05, 0) is 19.3 Å². The summed E-state index contributed by atoms with van der Waals surface area (Å²) in [6.45, 7) is 4.84. The Hall–Kier alpha value is -1.30. The summed E-state index contributed by atoms with van der Waals surface area (Å²) in [7, 11) is 0. The van der Waals surface area contributed by atoms with Gasteiger partial charge in [0, 0.05) is 25.6 Å². The zero-order chi connectivity index (χ0) is 13.4. The van der Waals surface area contributed by atoms with E-state index < -0.39 is 18.1 Å². The van der Waals surface area contributed by atoms with Crippen molar-refractivity contribution in [3.8, 4) is 0 Å². The number of aliphatic hydroxyl groups excluding tert-OH is 1. The number of amides is 2. The molecule has 2 heterocycles. The second-order valence-corrected chi connectivity index (χ2v) is 5.52. The van der Waals surface area contributed by atoms with Crippen molar-refractivity contribution in [3.05, 3.63) is 0 Å². The normalized spacial score (nSPS) is 36.2. The summed E-state index contributed by atoms with van der Waals surface area (Å²) in [5.74, 6) is -0.598. The average molecular weight is 256 g/mol. The van der Waals surface area contributed by atoms with E-state index in [0.29, 0.717) is 12.5 Å². The fourth-order valence-electron chi connectivity index (χ4n) is 2.99. The number of β-amino-alcohol motifs (C(OH)–C–C–N with tert-alkyl or cyclic N) is 1. The Labute approximate surface area is 106 Å². The van der Waals surface area contributed by atoms with E-state index in [9.17, 15) is 14.7 Å². The molecule has 2 fully saturated rings. The molecule has 2 aliphatic rings. The van der Waals surface area contributed by atoms with E-state index in [4.69, 9.17) is 5.11 Å². The molecule has 2 aliphatic heterocycles. The summed E-state index contributed by atoms with van der Waals surface area (Å²) < 4.78 is 0. The molecular weight excluding hydrogens is 236 g/mol. The van der Waals surface area contributed by atoms with Crippen molar-refractivity contribution >= 4 is 12.0 Å². The summed E-state index contributed by atoms with van der Waals surface area (Å²) >= 11 is 0. The van der Waals surface area contributed by atoms with E-state index in [1.807, 2.05) is 6.92 Å². The van der Waals surface area contributed by atoms with Gasteiger partial charge >= 0.3 is 12.0 Å².